The van der Waals surface area contributed by atoms with E-state index >= 15 is 0 Å². The minimum absolute atomic E-state index is 0.260. The lowest BCUT2D eigenvalue weighted by Crippen LogP contribution is -2.39. The van der Waals surface area contributed by atoms with Gasteiger partial charge in [0, 0.05) is 24.8 Å². The van der Waals surface area contributed by atoms with E-state index in [0.717, 1.165) is 24.0 Å². The minimum atomic E-state index is 0.260. The Labute approximate surface area is 115 Å². The van der Waals surface area contributed by atoms with Crippen molar-refractivity contribution in [2.24, 2.45) is 5.92 Å². The molecule has 0 saturated heterocycles. The Hall–Kier alpha value is -1.06. The van der Waals surface area contributed by atoms with Crippen molar-refractivity contribution >= 4 is 0 Å². The standard InChI is InChI=1S/C16H25NO2/c1-11-7-14(16(19)8-12(11)2)9-17-15-6-4-3-5-13(15)10-18/h7-8,13,15,17-19H,3-6,9-10H2,1-2H3. The van der Waals surface area contributed by atoms with Gasteiger partial charge in [0.2, 0.25) is 0 Å². The molecule has 0 heterocycles. The fourth-order valence-corrected chi connectivity index (χ4v) is 2.94. The Morgan fingerprint density at radius 2 is 1.84 bits per heavy atom. The van der Waals surface area contributed by atoms with Crippen LogP contribution < -0.4 is 5.32 Å². The summed E-state index contributed by atoms with van der Waals surface area (Å²) in [4.78, 5) is 0. The first kappa shape index (κ1) is 14.4. The molecule has 0 bridgehead atoms. The fraction of sp³-hybridized carbons (Fsp3) is 0.625. The highest BCUT2D eigenvalue weighted by atomic mass is 16.3. The Morgan fingerprint density at radius 1 is 1.16 bits per heavy atom. The summed E-state index contributed by atoms with van der Waals surface area (Å²) in [5.74, 6) is 0.731. The SMILES string of the molecule is Cc1cc(O)c(CNC2CCCCC2CO)cc1C. The maximum absolute atomic E-state index is 9.98. The van der Waals surface area contributed by atoms with Crippen molar-refractivity contribution in [2.75, 3.05) is 6.61 Å². The second-order valence-electron chi connectivity index (χ2n) is 5.78. The molecule has 0 aromatic heterocycles. The number of aryl methyl sites for hydroxylation is 2. The van der Waals surface area contributed by atoms with Crippen molar-refractivity contribution in [3.05, 3.63) is 28.8 Å². The van der Waals surface area contributed by atoms with Crippen LogP contribution in [-0.4, -0.2) is 22.9 Å². The van der Waals surface area contributed by atoms with E-state index in [2.05, 4.69) is 18.3 Å². The zero-order valence-electron chi connectivity index (χ0n) is 11.9. The van der Waals surface area contributed by atoms with Gasteiger partial charge in [-0.25, -0.2) is 0 Å². The number of phenols is 1. The molecule has 1 aliphatic rings. The molecule has 0 radical (unpaired) electrons. The van der Waals surface area contributed by atoms with Crippen LogP contribution in [0.25, 0.3) is 0 Å². The van der Waals surface area contributed by atoms with Crippen LogP contribution in [0.2, 0.25) is 0 Å². The number of hydrogen-bond donors (Lipinski definition) is 3. The Kier molecular flexibility index (Phi) is 4.83. The van der Waals surface area contributed by atoms with Crippen LogP contribution in [0.3, 0.4) is 0 Å². The lowest BCUT2D eigenvalue weighted by atomic mass is 9.85. The van der Waals surface area contributed by atoms with Gasteiger partial charge in [-0.1, -0.05) is 18.9 Å². The maximum Gasteiger partial charge on any atom is 0.120 e. The lowest BCUT2D eigenvalue weighted by Gasteiger charge is -2.31. The molecule has 3 heteroatoms. The largest absolute Gasteiger partial charge is 0.508 e. The normalized spacial score (nSPS) is 23.5. The first-order valence-electron chi connectivity index (χ1n) is 7.25. The summed E-state index contributed by atoms with van der Waals surface area (Å²) in [5, 5.41) is 22.9. The predicted octanol–water partition coefficient (Wildman–Crippen LogP) is 2.65. The molecule has 0 amide bonds. The summed E-state index contributed by atoms with van der Waals surface area (Å²) in [6, 6.07) is 4.25. The van der Waals surface area contributed by atoms with Gasteiger partial charge < -0.3 is 15.5 Å². The number of rotatable bonds is 4. The highest BCUT2D eigenvalue weighted by molar-refractivity contribution is 5.40. The predicted molar refractivity (Wildman–Crippen MR) is 77.3 cm³/mol. The maximum atomic E-state index is 9.98. The van der Waals surface area contributed by atoms with Gasteiger partial charge in [0.1, 0.15) is 5.75 Å². The van der Waals surface area contributed by atoms with E-state index in [1.165, 1.54) is 18.4 Å². The van der Waals surface area contributed by atoms with Gasteiger partial charge in [0.05, 0.1) is 0 Å². The second-order valence-corrected chi connectivity index (χ2v) is 5.78. The van der Waals surface area contributed by atoms with Crippen LogP contribution in [0.4, 0.5) is 0 Å². The first-order valence-corrected chi connectivity index (χ1v) is 7.25. The second kappa shape index (κ2) is 6.40. The quantitative estimate of drug-likeness (QED) is 0.783. The van der Waals surface area contributed by atoms with Gasteiger partial charge in [0.25, 0.3) is 0 Å². The van der Waals surface area contributed by atoms with Crippen molar-refractivity contribution in [3.8, 4) is 5.75 Å². The van der Waals surface area contributed by atoms with E-state index in [0.29, 0.717) is 24.3 Å². The zero-order valence-corrected chi connectivity index (χ0v) is 11.9. The first-order chi connectivity index (χ1) is 9.11. The van der Waals surface area contributed by atoms with Crippen molar-refractivity contribution in [1.82, 2.24) is 5.32 Å². The van der Waals surface area contributed by atoms with Gasteiger partial charge in [-0.05, 0) is 49.8 Å². The third-order valence-electron chi connectivity index (χ3n) is 4.39. The highest BCUT2D eigenvalue weighted by Crippen LogP contribution is 2.26. The van der Waals surface area contributed by atoms with Gasteiger partial charge in [-0.15, -0.1) is 0 Å². The van der Waals surface area contributed by atoms with Gasteiger partial charge in [-0.2, -0.15) is 0 Å². The van der Waals surface area contributed by atoms with Crippen LogP contribution in [0.1, 0.15) is 42.4 Å². The summed E-state index contributed by atoms with van der Waals surface area (Å²) in [7, 11) is 0. The van der Waals surface area contributed by atoms with Crippen LogP contribution in [0.5, 0.6) is 5.75 Å². The molecule has 1 aromatic rings. The molecular formula is C16H25NO2. The molecule has 1 aliphatic carbocycles. The van der Waals surface area contributed by atoms with E-state index < -0.39 is 0 Å². The minimum Gasteiger partial charge on any atom is -0.508 e. The lowest BCUT2D eigenvalue weighted by molar-refractivity contribution is 0.152. The van der Waals surface area contributed by atoms with Crippen molar-refractivity contribution in [1.29, 1.82) is 0 Å². The number of benzene rings is 1. The molecule has 3 N–H and O–H groups in total. The van der Waals surface area contributed by atoms with E-state index in [9.17, 15) is 10.2 Å². The zero-order chi connectivity index (χ0) is 13.8. The molecule has 2 unspecified atom stereocenters. The molecule has 3 nitrogen and oxygen atoms in total. The number of aromatic hydroxyl groups is 1. The van der Waals surface area contributed by atoms with E-state index in [1.54, 1.807) is 0 Å². The van der Waals surface area contributed by atoms with Crippen molar-refractivity contribution in [3.63, 3.8) is 0 Å². The van der Waals surface area contributed by atoms with Crippen LogP contribution in [-0.2, 0) is 6.54 Å². The average molecular weight is 263 g/mol. The number of phenolic OH excluding ortho intramolecular Hbond substituents is 1. The van der Waals surface area contributed by atoms with Gasteiger partial charge >= 0.3 is 0 Å². The number of nitrogens with one attached hydrogen (secondary N) is 1. The topological polar surface area (TPSA) is 52.5 Å². The van der Waals surface area contributed by atoms with Gasteiger partial charge in [0.15, 0.2) is 0 Å². The summed E-state index contributed by atoms with van der Waals surface area (Å²) in [6.07, 6.45) is 4.68. The molecule has 2 rings (SSSR count). The Morgan fingerprint density at radius 3 is 2.58 bits per heavy atom. The molecule has 1 aromatic carbocycles. The monoisotopic (exact) mass is 263 g/mol. The summed E-state index contributed by atoms with van der Waals surface area (Å²) in [5.41, 5.74) is 3.27. The fourth-order valence-electron chi connectivity index (χ4n) is 2.94. The van der Waals surface area contributed by atoms with Crippen LogP contribution in [0, 0.1) is 19.8 Å². The molecule has 1 saturated carbocycles. The third kappa shape index (κ3) is 3.48. The molecule has 2 atom stereocenters. The Bertz CT molecular complexity index is 431. The average Bonchev–Trinajstić information content (AvgIpc) is 2.41. The van der Waals surface area contributed by atoms with E-state index in [4.69, 9.17) is 0 Å². The number of hydrogen-bond acceptors (Lipinski definition) is 3. The van der Waals surface area contributed by atoms with Crippen LogP contribution >= 0.6 is 0 Å². The summed E-state index contributed by atoms with van der Waals surface area (Å²) < 4.78 is 0. The number of aliphatic hydroxyl groups excluding tert-OH is 1. The third-order valence-corrected chi connectivity index (χ3v) is 4.39. The van der Waals surface area contributed by atoms with Gasteiger partial charge in [-0.3, -0.25) is 0 Å². The summed E-state index contributed by atoms with van der Waals surface area (Å²) >= 11 is 0. The van der Waals surface area contributed by atoms with E-state index in [-0.39, 0.29) is 6.61 Å². The smallest absolute Gasteiger partial charge is 0.120 e. The highest BCUT2D eigenvalue weighted by Gasteiger charge is 2.24. The summed E-state index contributed by atoms with van der Waals surface area (Å²) in [6.45, 7) is 5.01. The van der Waals surface area contributed by atoms with Crippen molar-refractivity contribution < 1.29 is 10.2 Å². The molecule has 0 spiro atoms. The Balaban J connectivity index is 1.99. The van der Waals surface area contributed by atoms with Crippen molar-refractivity contribution in [2.45, 2.75) is 52.1 Å². The van der Waals surface area contributed by atoms with E-state index in [1.807, 2.05) is 13.0 Å². The molecule has 106 valence electrons. The molecule has 0 aliphatic heterocycles. The molecule has 1 fully saturated rings. The van der Waals surface area contributed by atoms with Crippen LogP contribution in [0.15, 0.2) is 12.1 Å². The molecule has 19 heavy (non-hydrogen) atoms. The molecular weight excluding hydrogens is 238 g/mol. The number of aliphatic hydroxyl groups is 1.